The van der Waals surface area contributed by atoms with E-state index >= 15 is 0 Å². The smallest absolute Gasteiger partial charge is 0.0320 e. The molecule has 0 atom stereocenters. The molecule has 0 radical (unpaired) electrons. The van der Waals surface area contributed by atoms with Crippen LogP contribution in [0.15, 0.2) is 21.1 Å². The van der Waals surface area contributed by atoms with Gasteiger partial charge in [0.05, 0.1) is 0 Å². The zero-order valence-corrected chi connectivity index (χ0v) is 9.08. The van der Waals surface area contributed by atoms with Gasteiger partial charge in [0.1, 0.15) is 0 Å². The molecule has 0 saturated carbocycles. The molecular formula is C8H8Br2. The van der Waals surface area contributed by atoms with Gasteiger partial charge in [-0.2, -0.15) is 0 Å². The fraction of sp³-hybridized carbons (Fsp3) is 0.250. The van der Waals surface area contributed by atoms with Crippen molar-refractivity contribution in [2.24, 2.45) is 0 Å². The molecule has 0 nitrogen and oxygen atoms in total. The van der Waals surface area contributed by atoms with E-state index in [0.717, 1.165) is 8.95 Å². The van der Waals surface area contributed by atoms with Crippen molar-refractivity contribution in [1.29, 1.82) is 0 Å². The molecule has 0 aliphatic carbocycles. The van der Waals surface area contributed by atoms with E-state index in [1.807, 2.05) is 0 Å². The summed E-state index contributed by atoms with van der Waals surface area (Å²) in [5.74, 6) is 0. The second kappa shape index (κ2) is 3.05. The molecule has 0 saturated heterocycles. The fourth-order valence-electron chi connectivity index (χ4n) is 0.746. The molecule has 0 unspecified atom stereocenters. The summed E-state index contributed by atoms with van der Waals surface area (Å²) in [4.78, 5) is 0. The van der Waals surface area contributed by atoms with Crippen LogP contribution in [0.25, 0.3) is 0 Å². The Hall–Kier alpha value is 0.180. The quantitative estimate of drug-likeness (QED) is 0.668. The van der Waals surface area contributed by atoms with Crippen molar-refractivity contribution in [2.45, 2.75) is 13.8 Å². The third-order valence-electron chi connectivity index (χ3n) is 1.54. The highest BCUT2D eigenvalue weighted by Crippen LogP contribution is 2.25. The summed E-state index contributed by atoms with van der Waals surface area (Å²) in [7, 11) is 0. The molecule has 0 spiro atoms. The van der Waals surface area contributed by atoms with Gasteiger partial charge in [-0.1, -0.05) is 0 Å². The Kier molecular flexibility index (Phi) is 2.53. The van der Waals surface area contributed by atoms with Crippen LogP contribution in [0.4, 0.5) is 0 Å². The summed E-state index contributed by atoms with van der Waals surface area (Å²) in [6.07, 6.45) is 0. The van der Waals surface area contributed by atoms with E-state index in [4.69, 9.17) is 0 Å². The Balaban J connectivity index is 3.28. The van der Waals surface area contributed by atoms with Crippen LogP contribution in [0.2, 0.25) is 0 Å². The van der Waals surface area contributed by atoms with E-state index in [-0.39, 0.29) is 0 Å². The van der Waals surface area contributed by atoms with E-state index in [1.165, 1.54) is 11.1 Å². The van der Waals surface area contributed by atoms with Gasteiger partial charge in [-0.25, -0.2) is 0 Å². The number of aryl methyl sites for hydroxylation is 2. The maximum atomic E-state index is 3.43. The molecule has 1 rings (SSSR count). The van der Waals surface area contributed by atoms with Gasteiger partial charge >= 0.3 is 0 Å². The predicted molar refractivity (Wildman–Crippen MR) is 51.3 cm³/mol. The maximum Gasteiger partial charge on any atom is 0.0320 e. The second-order valence-electron chi connectivity index (χ2n) is 2.35. The first-order chi connectivity index (χ1) is 4.61. The van der Waals surface area contributed by atoms with Crippen molar-refractivity contribution in [3.8, 4) is 0 Å². The normalized spacial score (nSPS) is 10.0. The molecule has 0 aliphatic heterocycles. The third-order valence-corrected chi connectivity index (χ3v) is 3.38. The van der Waals surface area contributed by atoms with Crippen molar-refractivity contribution in [1.82, 2.24) is 0 Å². The van der Waals surface area contributed by atoms with E-state index in [9.17, 15) is 0 Å². The number of hydrogen-bond acceptors (Lipinski definition) is 0. The fourth-order valence-corrected chi connectivity index (χ4v) is 1.66. The van der Waals surface area contributed by atoms with Gasteiger partial charge in [-0.05, 0) is 69.0 Å². The van der Waals surface area contributed by atoms with Crippen LogP contribution in [-0.4, -0.2) is 0 Å². The van der Waals surface area contributed by atoms with E-state index in [1.54, 1.807) is 0 Å². The van der Waals surface area contributed by atoms with Crippen LogP contribution in [0, 0.1) is 13.8 Å². The van der Waals surface area contributed by atoms with Gasteiger partial charge in [0.15, 0.2) is 0 Å². The molecular weight excluding hydrogens is 256 g/mol. The van der Waals surface area contributed by atoms with Crippen LogP contribution in [0.3, 0.4) is 0 Å². The lowest BCUT2D eigenvalue weighted by atomic mass is 10.1. The van der Waals surface area contributed by atoms with Crippen molar-refractivity contribution in [3.05, 3.63) is 32.2 Å². The summed E-state index contributed by atoms with van der Waals surface area (Å²) in [6.45, 7) is 4.21. The Bertz CT molecular complexity index is 203. The van der Waals surface area contributed by atoms with Gasteiger partial charge in [0.25, 0.3) is 0 Å². The first-order valence-corrected chi connectivity index (χ1v) is 4.62. The van der Waals surface area contributed by atoms with Crippen LogP contribution in [-0.2, 0) is 0 Å². The minimum absolute atomic E-state index is 1.12. The molecule has 1 aromatic rings. The van der Waals surface area contributed by atoms with Crippen LogP contribution in [0.5, 0.6) is 0 Å². The average molecular weight is 264 g/mol. The lowest BCUT2D eigenvalue weighted by Gasteiger charge is -2.01. The number of rotatable bonds is 0. The summed E-state index contributed by atoms with van der Waals surface area (Å²) in [5, 5.41) is 0. The second-order valence-corrected chi connectivity index (χ2v) is 4.06. The molecule has 0 amide bonds. The zero-order chi connectivity index (χ0) is 7.72. The highest BCUT2D eigenvalue weighted by molar-refractivity contribution is 9.13. The Labute approximate surface area is 77.9 Å². The van der Waals surface area contributed by atoms with Gasteiger partial charge in [0.2, 0.25) is 0 Å². The Morgan fingerprint density at radius 2 is 1.20 bits per heavy atom. The summed E-state index contributed by atoms with van der Waals surface area (Å²) in [5.41, 5.74) is 2.63. The van der Waals surface area contributed by atoms with E-state index in [0.29, 0.717) is 0 Å². The largest absolute Gasteiger partial charge is 0.0496 e. The third kappa shape index (κ3) is 1.61. The van der Waals surface area contributed by atoms with Gasteiger partial charge in [-0.15, -0.1) is 0 Å². The highest BCUT2D eigenvalue weighted by Gasteiger charge is 1.98. The van der Waals surface area contributed by atoms with E-state index in [2.05, 4.69) is 57.8 Å². The van der Waals surface area contributed by atoms with E-state index < -0.39 is 0 Å². The summed E-state index contributed by atoms with van der Waals surface area (Å²) < 4.78 is 2.24. The molecule has 0 bridgehead atoms. The van der Waals surface area contributed by atoms with Crippen LogP contribution >= 0.6 is 31.9 Å². The van der Waals surface area contributed by atoms with Gasteiger partial charge in [-0.3, -0.25) is 0 Å². The molecule has 0 aromatic heterocycles. The molecule has 1 aromatic carbocycles. The van der Waals surface area contributed by atoms with Gasteiger partial charge in [0, 0.05) is 8.95 Å². The molecule has 0 fully saturated rings. The standard InChI is InChI=1S/C8H8Br2/c1-5-3-7(9)8(10)4-6(5)2/h3-4H,1-2H3. The van der Waals surface area contributed by atoms with Crippen LogP contribution < -0.4 is 0 Å². The SMILES string of the molecule is Cc1cc(Br)c(Br)cc1C. The lowest BCUT2D eigenvalue weighted by Crippen LogP contribution is -1.80. The summed E-state index contributed by atoms with van der Waals surface area (Å²) >= 11 is 6.87. The van der Waals surface area contributed by atoms with Crippen molar-refractivity contribution in [3.63, 3.8) is 0 Å². The maximum absolute atomic E-state index is 3.43. The Morgan fingerprint density at radius 1 is 0.900 bits per heavy atom. The number of benzene rings is 1. The first-order valence-electron chi connectivity index (χ1n) is 3.03. The van der Waals surface area contributed by atoms with Crippen LogP contribution in [0.1, 0.15) is 11.1 Å². The molecule has 0 heterocycles. The highest BCUT2D eigenvalue weighted by atomic mass is 79.9. The lowest BCUT2D eigenvalue weighted by molar-refractivity contribution is 1.32. The number of hydrogen-bond donors (Lipinski definition) is 0. The molecule has 54 valence electrons. The zero-order valence-electron chi connectivity index (χ0n) is 5.91. The molecule has 0 N–H and O–H groups in total. The monoisotopic (exact) mass is 262 g/mol. The predicted octanol–water partition coefficient (Wildman–Crippen LogP) is 3.83. The summed E-state index contributed by atoms with van der Waals surface area (Å²) in [6, 6.07) is 4.22. The minimum Gasteiger partial charge on any atom is -0.0496 e. The first kappa shape index (κ1) is 8.28. The average Bonchev–Trinajstić information content (AvgIpc) is 1.84. The van der Waals surface area contributed by atoms with Crippen molar-refractivity contribution < 1.29 is 0 Å². The Morgan fingerprint density at radius 3 is 1.50 bits per heavy atom. The van der Waals surface area contributed by atoms with Crippen molar-refractivity contribution >= 4 is 31.9 Å². The van der Waals surface area contributed by atoms with Crippen molar-refractivity contribution in [2.75, 3.05) is 0 Å². The minimum atomic E-state index is 1.12. The topological polar surface area (TPSA) is 0 Å². The van der Waals surface area contributed by atoms with Gasteiger partial charge < -0.3 is 0 Å². The molecule has 2 heteroatoms. The molecule has 0 aliphatic rings. The number of halogens is 2. The molecule has 10 heavy (non-hydrogen) atoms.